The van der Waals surface area contributed by atoms with E-state index < -0.39 is 31.1 Å². The number of hydrogen-bond donors (Lipinski definition) is 2. The summed E-state index contributed by atoms with van der Waals surface area (Å²) in [6.45, 7) is 3.80. The molecule has 0 aromatic carbocycles. The van der Waals surface area contributed by atoms with Crippen LogP contribution in [0, 0.1) is 0 Å². The Hall–Kier alpha value is -1.67. The minimum atomic E-state index is -1.17. The summed E-state index contributed by atoms with van der Waals surface area (Å²) in [7, 11) is 3.79. The zero-order chi connectivity index (χ0) is 15.7. The maximum Gasteiger partial charge on any atom is 0.329 e. The van der Waals surface area contributed by atoms with Gasteiger partial charge in [-0.3, -0.25) is 10.1 Å². The third-order valence-electron chi connectivity index (χ3n) is 2.47. The minimum Gasteiger partial charge on any atom is -0.480 e. The van der Waals surface area contributed by atoms with Crippen LogP contribution in [-0.4, -0.2) is 79.3 Å². The highest BCUT2D eigenvalue weighted by Crippen LogP contribution is 2.00. The van der Waals surface area contributed by atoms with Crippen molar-refractivity contribution in [1.82, 2.24) is 15.1 Å². The summed E-state index contributed by atoms with van der Waals surface area (Å²) in [5, 5.41) is 10.5. The minimum absolute atomic E-state index is 0.0530. The second-order valence-electron chi connectivity index (χ2n) is 4.64. The van der Waals surface area contributed by atoms with Crippen molar-refractivity contribution in [3.63, 3.8) is 0 Å². The summed E-state index contributed by atoms with van der Waals surface area (Å²) >= 11 is 0. The maximum atomic E-state index is 11.9. The summed E-state index contributed by atoms with van der Waals surface area (Å²) in [5.74, 6) is -1.83. The van der Waals surface area contributed by atoms with Crippen LogP contribution >= 0.6 is 0 Å². The molecular formula is C12H23N3O5. The van der Waals surface area contributed by atoms with Gasteiger partial charge in [0, 0.05) is 19.1 Å². The molecule has 3 amide bonds. The fraction of sp³-hybridized carbons (Fsp3) is 0.750. The number of carboxylic acid groups (broad SMARTS) is 1. The molecule has 0 bridgehead atoms. The number of hydrogen-bond acceptors (Lipinski definition) is 5. The van der Waals surface area contributed by atoms with Gasteiger partial charge in [0.25, 0.3) is 5.91 Å². The van der Waals surface area contributed by atoms with E-state index in [0.717, 1.165) is 0 Å². The molecule has 1 atom stereocenters. The normalized spacial score (nSPS) is 12.1. The third-order valence-corrected chi connectivity index (χ3v) is 2.47. The maximum absolute atomic E-state index is 11.9. The molecule has 0 aromatic rings. The van der Waals surface area contributed by atoms with Crippen LogP contribution < -0.4 is 5.32 Å². The van der Waals surface area contributed by atoms with Gasteiger partial charge in [-0.25, -0.2) is 9.59 Å². The van der Waals surface area contributed by atoms with Crippen molar-refractivity contribution in [2.24, 2.45) is 0 Å². The van der Waals surface area contributed by atoms with Crippen LogP contribution in [-0.2, 0) is 14.3 Å². The van der Waals surface area contributed by atoms with E-state index in [2.05, 4.69) is 10.1 Å². The molecule has 0 heterocycles. The second kappa shape index (κ2) is 9.27. The molecule has 8 heteroatoms. The molecule has 8 nitrogen and oxygen atoms in total. The topological polar surface area (TPSA) is 99.2 Å². The first-order chi connectivity index (χ1) is 9.27. The SMILES string of the molecule is CCN(C(=O)NC(=O)COCC(=O)O)C(C)CN(C)C. The molecule has 0 rings (SSSR count). The summed E-state index contributed by atoms with van der Waals surface area (Å²) in [6, 6.07) is -0.562. The molecule has 0 aromatic heterocycles. The monoisotopic (exact) mass is 289 g/mol. The lowest BCUT2D eigenvalue weighted by Gasteiger charge is -2.29. The highest BCUT2D eigenvalue weighted by atomic mass is 16.5. The Labute approximate surface area is 118 Å². The number of rotatable bonds is 8. The van der Waals surface area contributed by atoms with Gasteiger partial charge in [0.15, 0.2) is 0 Å². The van der Waals surface area contributed by atoms with E-state index in [0.29, 0.717) is 13.1 Å². The molecule has 0 spiro atoms. The van der Waals surface area contributed by atoms with Gasteiger partial charge in [0.2, 0.25) is 0 Å². The van der Waals surface area contributed by atoms with Crippen molar-refractivity contribution >= 4 is 17.9 Å². The summed E-state index contributed by atoms with van der Waals surface area (Å²) in [4.78, 5) is 37.0. The van der Waals surface area contributed by atoms with E-state index in [1.807, 2.05) is 32.8 Å². The van der Waals surface area contributed by atoms with Crippen molar-refractivity contribution in [3.8, 4) is 0 Å². The van der Waals surface area contributed by atoms with Crippen molar-refractivity contribution < 1.29 is 24.2 Å². The number of carboxylic acids is 1. The molecule has 116 valence electrons. The first-order valence-electron chi connectivity index (χ1n) is 6.32. The second-order valence-corrected chi connectivity index (χ2v) is 4.64. The largest absolute Gasteiger partial charge is 0.480 e. The zero-order valence-electron chi connectivity index (χ0n) is 12.4. The van der Waals surface area contributed by atoms with Crippen LogP contribution in [0.2, 0.25) is 0 Å². The molecule has 0 aliphatic heterocycles. The molecule has 20 heavy (non-hydrogen) atoms. The number of carbonyl (C=O) groups excluding carboxylic acids is 2. The Bertz CT molecular complexity index is 346. The van der Waals surface area contributed by atoms with E-state index in [4.69, 9.17) is 5.11 Å². The van der Waals surface area contributed by atoms with Gasteiger partial charge in [-0.05, 0) is 27.9 Å². The molecule has 0 saturated carbocycles. The lowest BCUT2D eigenvalue weighted by molar-refractivity contribution is -0.143. The molecule has 0 aliphatic rings. The van der Waals surface area contributed by atoms with Crippen LogP contribution in [0.5, 0.6) is 0 Å². The summed E-state index contributed by atoms with van der Waals surface area (Å²) < 4.78 is 4.61. The average molecular weight is 289 g/mol. The number of aliphatic carboxylic acids is 1. The first-order valence-corrected chi connectivity index (χ1v) is 6.32. The molecule has 0 saturated heterocycles. The van der Waals surface area contributed by atoms with Crippen molar-refractivity contribution in [3.05, 3.63) is 0 Å². The highest BCUT2D eigenvalue weighted by molar-refractivity contribution is 5.95. The number of nitrogens with zero attached hydrogens (tertiary/aromatic N) is 2. The van der Waals surface area contributed by atoms with Crippen LogP contribution in [0.1, 0.15) is 13.8 Å². The van der Waals surface area contributed by atoms with Gasteiger partial charge in [-0.2, -0.15) is 0 Å². The first kappa shape index (κ1) is 18.3. The average Bonchev–Trinajstić information content (AvgIpc) is 2.27. The Morgan fingerprint density at radius 1 is 1.25 bits per heavy atom. The van der Waals surface area contributed by atoms with Crippen molar-refractivity contribution in [1.29, 1.82) is 0 Å². The Kier molecular flexibility index (Phi) is 8.49. The van der Waals surface area contributed by atoms with Crippen molar-refractivity contribution in [2.75, 3.05) is 40.4 Å². The van der Waals surface area contributed by atoms with Crippen molar-refractivity contribution in [2.45, 2.75) is 19.9 Å². The predicted octanol–water partition coefficient (Wildman–Crippen LogP) is -0.404. The number of urea groups is 1. The highest BCUT2D eigenvalue weighted by Gasteiger charge is 2.20. The smallest absolute Gasteiger partial charge is 0.329 e. The van der Waals surface area contributed by atoms with Gasteiger partial charge >= 0.3 is 12.0 Å². The van der Waals surface area contributed by atoms with E-state index >= 15 is 0 Å². The van der Waals surface area contributed by atoms with E-state index in [1.54, 1.807) is 0 Å². The van der Waals surface area contributed by atoms with Gasteiger partial charge in [-0.1, -0.05) is 0 Å². The van der Waals surface area contributed by atoms with E-state index in [9.17, 15) is 14.4 Å². The summed E-state index contributed by atoms with van der Waals surface area (Å²) in [5.41, 5.74) is 0. The Morgan fingerprint density at radius 2 is 1.85 bits per heavy atom. The fourth-order valence-corrected chi connectivity index (χ4v) is 1.74. The van der Waals surface area contributed by atoms with Gasteiger partial charge in [0.1, 0.15) is 13.2 Å². The quantitative estimate of drug-likeness (QED) is 0.630. The standard InChI is InChI=1S/C12H23N3O5/c1-5-15(9(2)6-14(3)4)12(19)13-10(16)7-20-8-11(17)18/h9H,5-8H2,1-4H3,(H,17,18)(H,13,16,19). The molecule has 0 aliphatic carbocycles. The molecule has 0 radical (unpaired) electrons. The lowest BCUT2D eigenvalue weighted by Crippen LogP contribution is -2.50. The lowest BCUT2D eigenvalue weighted by atomic mass is 10.3. The van der Waals surface area contributed by atoms with E-state index in [-0.39, 0.29) is 6.04 Å². The number of carbonyl (C=O) groups is 3. The molecule has 0 fully saturated rings. The van der Waals surface area contributed by atoms with E-state index in [1.165, 1.54) is 4.90 Å². The van der Waals surface area contributed by atoms with Crippen LogP contribution in [0.25, 0.3) is 0 Å². The van der Waals surface area contributed by atoms with Gasteiger partial charge < -0.3 is 19.6 Å². The van der Waals surface area contributed by atoms with Crippen LogP contribution in [0.4, 0.5) is 4.79 Å². The Morgan fingerprint density at radius 3 is 2.30 bits per heavy atom. The summed E-state index contributed by atoms with van der Waals surface area (Å²) in [6.07, 6.45) is 0. The number of likely N-dealkylation sites (N-methyl/N-ethyl adjacent to an activating group) is 2. The van der Waals surface area contributed by atoms with Crippen LogP contribution in [0.3, 0.4) is 0 Å². The number of imide groups is 1. The fourth-order valence-electron chi connectivity index (χ4n) is 1.74. The number of ether oxygens (including phenoxy) is 1. The zero-order valence-corrected chi connectivity index (χ0v) is 12.4. The molecular weight excluding hydrogens is 266 g/mol. The van der Waals surface area contributed by atoms with Crippen LogP contribution in [0.15, 0.2) is 0 Å². The number of nitrogens with one attached hydrogen (secondary N) is 1. The number of amides is 3. The Balaban J connectivity index is 4.26. The van der Waals surface area contributed by atoms with Gasteiger partial charge in [0.05, 0.1) is 0 Å². The molecule has 2 N–H and O–H groups in total. The third kappa shape index (κ3) is 7.70. The van der Waals surface area contributed by atoms with Gasteiger partial charge in [-0.15, -0.1) is 0 Å². The predicted molar refractivity (Wildman–Crippen MR) is 72.4 cm³/mol. The molecule has 1 unspecified atom stereocenters.